The van der Waals surface area contributed by atoms with Crippen molar-refractivity contribution in [1.29, 1.82) is 0 Å². The van der Waals surface area contributed by atoms with Crippen molar-refractivity contribution in [2.24, 2.45) is 11.3 Å². The van der Waals surface area contributed by atoms with Crippen molar-refractivity contribution in [3.8, 4) is 0 Å². The minimum Gasteiger partial charge on any atom is -0.468 e. The lowest BCUT2D eigenvalue weighted by Gasteiger charge is -2.38. The van der Waals surface area contributed by atoms with Crippen molar-refractivity contribution in [1.82, 2.24) is 10.2 Å². The summed E-state index contributed by atoms with van der Waals surface area (Å²) in [6, 6.07) is 4.89. The quantitative estimate of drug-likeness (QED) is 0.854. The highest BCUT2D eigenvalue weighted by Gasteiger charge is 2.41. The van der Waals surface area contributed by atoms with Crippen molar-refractivity contribution in [2.45, 2.75) is 45.7 Å². The molecule has 2 heterocycles. The van der Waals surface area contributed by atoms with E-state index in [9.17, 15) is 0 Å². The van der Waals surface area contributed by atoms with Gasteiger partial charge in [-0.15, -0.1) is 0 Å². The summed E-state index contributed by atoms with van der Waals surface area (Å²) in [5, 5.41) is 3.57. The maximum absolute atomic E-state index is 5.54. The molecule has 0 aromatic carbocycles. The molecule has 0 spiro atoms. The monoisotopic (exact) mass is 262 g/mol. The van der Waals surface area contributed by atoms with Crippen LogP contribution in [0.3, 0.4) is 0 Å². The van der Waals surface area contributed by atoms with Gasteiger partial charge in [-0.25, -0.2) is 0 Å². The molecule has 0 bridgehead atoms. The normalized spacial score (nSPS) is 27.6. The standard InChI is InChI=1S/C16H26N2O/c1-13(2)16(7-8-17-11-16)12-18(14-5-6-14)10-15-4-3-9-19-15/h3-4,9,13-14,17H,5-8,10-12H2,1-2H3. The number of rotatable bonds is 6. The van der Waals surface area contributed by atoms with Crippen LogP contribution in [0.2, 0.25) is 0 Å². The second-order valence-electron chi connectivity index (χ2n) is 6.66. The van der Waals surface area contributed by atoms with Crippen LogP contribution in [0, 0.1) is 11.3 Å². The molecule has 1 aromatic heterocycles. The largest absolute Gasteiger partial charge is 0.468 e. The van der Waals surface area contributed by atoms with Crippen molar-refractivity contribution in [2.75, 3.05) is 19.6 Å². The van der Waals surface area contributed by atoms with Crippen LogP contribution in [0.15, 0.2) is 22.8 Å². The minimum atomic E-state index is 0.454. The van der Waals surface area contributed by atoms with Crippen LogP contribution in [-0.2, 0) is 6.54 Å². The molecule has 1 atom stereocenters. The lowest BCUT2D eigenvalue weighted by molar-refractivity contribution is 0.101. The molecule has 3 nitrogen and oxygen atoms in total. The molecule has 106 valence electrons. The van der Waals surface area contributed by atoms with Gasteiger partial charge in [-0.1, -0.05) is 13.8 Å². The Balaban J connectivity index is 1.70. The molecular weight excluding hydrogens is 236 g/mol. The number of nitrogens with zero attached hydrogens (tertiary/aromatic N) is 1. The molecule has 19 heavy (non-hydrogen) atoms. The predicted octanol–water partition coefficient (Wildman–Crippen LogP) is 2.88. The molecule has 0 amide bonds. The maximum Gasteiger partial charge on any atom is 0.117 e. The first kappa shape index (κ1) is 13.2. The summed E-state index contributed by atoms with van der Waals surface area (Å²) in [6.07, 6.45) is 5.83. The lowest BCUT2D eigenvalue weighted by Crippen LogP contribution is -2.43. The van der Waals surface area contributed by atoms with Gasteiger partial charge in [-0.2, -0.15) is 0 Å². The molecule has 3 rings (SSSR count). The average Bonchev–Trinajstić information content (AvgIpc) is 2.90. The van der Waals surface area contributed by atoms with Gasteiger partial charge in [-0.05, 0) is 49.3 Å². The van der Waals surface area contributed by atoms with E-state index in [0.29, 0.717) is 5.41 Å². The van der Waals surface area contributed by atoms with Gasteiger partial charge in [0.05, 0.1) is 12.8 Å². The van der Waals surface area contributed by atoms with Crippen molar-refractivity contribution < 1.29 is 4.42 Å². The molecule has 1 unspecified atom stereocenters. The van der Waals surface area contributed by atoms with Crippen LogP contribution >= 0.6 is 0 Å². The Morgan fingerprint density at radius 1 is 1.47 bits per heavy atom. The van der Waals surface area contributed by atoms with Gasteiger partial charge in [0.15, 0.2) is 0 Å². The average molecular weight is 262 g/mol. The van der Waals surface area contributed by atoms with E-state index in [1.807, 2.05) is 6.07 Å². The van der Waals surface area contributed by atoms with E-state index in [1.54, 1.807) is 6.26 Å². The van der Waals surface area contributed by atoms with E-state index < -0.39 is 0 Å². The highest BCUT2D eigenvalue weighted by molar-refractivity contribution is 5.02. The smallest absolute Gasteiger partial charge is 0.117 e. The summed E-state index contributed by atoms with van der Waals surface area (Å²) in [4.78, 5) is 2.66. The van der Waals surface area contributed by atoms with Gasteiger partial charge in [0, 0.05) is 19.1 Å². The third-order valence-electron chi connectivity index (χ3n) is 5.02. The van der Waals surface area contributed by atoms with Crippen LogP contribution in [0.25, 0.3) is 0 Å². The van der Waals surface area contributed by atoms with Crippen LogP contribution < -0.4 is 5.32 Å². The number of hydrogen-bond acceptors (Lipinski definition) is 3. The molecular formula is C16H26N2O. The first-order chi connectivity index (χ1) is 9.20. The van der Waals surface area contributed by atoms with Crippen LogP contribution in [0.1, 0.15) is 38.9 Å². The van der Waals surface area contributed by atoms with Gasteiger partial charge >= 0.3 is 0 Å². The van der Waals surface area contributed by atoms with E-state index in [4.69, 9.17) is 4.42 Å². The molecule has 1 aliphatic carbocycles. The first-order valence-corrected chi connectivity index (χ1v) is 7.67. The second kappa shape index (κ2) is 5.29. The van der Waals surface area contributed by atoms with Crippen LogP contribution in [0.4, 0.5) is 0 Å². The van der Waals surface area contributed by atoms with Crippen LogP contribution in [0.5, 0.6) is 0 Å². The highest BCUT2D eigenvalue weighted by atomic mass is 16.3. The maximum atomic E-state index is 5.54. The number of nitrogens with one attached hydrogen (secondary N) is 1. The molecule has 1 aliphatic heterocycles. The number of hydrogen-bond donors (Lipinski definition) is 1. The third-order valence-corrected chi connectivity index (χ3v) is 5.02. The Hall–Kier alpha value is -0.800. The van der Waals surface area contributed by atoms with Gasteiger partial charge in [0.2, 0.25) is 0 Å². The summed E-state index contributed by atoms with van der Waals surface area (Å²) < 4.78 is 5.54. The zero-order valence-electron chi connectivity index (χ0n) is 12.2. The molecule has 3 heteroatoms. The third kappa shape index (κ3) is 2.87. The Kier molecular flexibility index (Phi) is 3.68. The van der Waals surface area contributed by atoms with Gasteiger partial charge in [0.1, 0.15) is 5.76 Å². The molecule has 0 radical (unpaired) electrons. The zero-order valence-corrected chi connectivity index (χ0v) is 12.2. The number of furan rings is 1. The van der Waals surface area contributed by atoms with Crippen LogP contribution in [-0.4, -0.2) is 30.6 Å². The Bertz CT molecular complexity index is 389. The van der Waals surface area contributed by atoms with E-state index in [-0.39, 0.29) is 0 Å². The molecule has 1 aromatic rings. The molecule has 2 aliphatic rings. The molecule has 1 saturated heterocycles. The van der Waals surface area contributed by atoms with E-state index in [1.165, 1.54) is 38.9 Å². The highest BCUT2D eigenvalue weighted by Crippen LogP contribution is 2.39. The Labute approximate surface area is 116 Å². The van der Waals surface area contributed by atoms with Gasteiger partial charge < -0.3 is 9.73 Å². The Morgan fingerprint density at radius 2 is 2.32 bits per heavy atom. The summed E-state index contributed by atoms with van der Waals surface area (Å²) >= 11 is 0. The summed E-state index contributed by atoms with van der Waals surface area (Å²) in [6.45, 7) is 9.30. The topological polar surface area (TPSA) is 28.4 Å². The van der Waals surface area contributed by atoms with E-state index in [2.05, 4.69) is 30.1 Å². The van der Waals surface area contributed by atoms with Crippen molar-refractivity contribution >= 4 is 0 Å². The Morgan fingerprint density at radius 3 is 2.84 bits per heavy atom. The summed E-state index contributed by atoms with van der Waals surface area (Å²) in [5.74, 6) is 1.84. The van der Waals surface area contributed by atoms with E-state index >= 15 is 0 Å². The molecule has 1 N–H and O–H groups in total. The fraction of sp³-hybridized carbons (Fsp3) is 0.750. The fourth-order valence-electron chi connectivity index (χ4n) is 3.33. The van der Waals surface area contributed by atoms with E-state index in [0.717, 1.165) is 24.3 Å². The summed E-state index contributed by atoms with van der Waals surface area (Å²) in [5.41, 5.74) is 0.454. The second-order valence-corrected chi connectivity index (χ2v) is 6.66. The first-order valence-electron chi connectivity index (χ1n) is 7.67. The molecule has 2 fully saturated rings. The van der Waals surface area contributed by atoms with Gasteiger partial charge in [0.25, 0.3) is 0 Å². The predicted molar refractivity (Wildman–Crippen MR) is 76.9 cm³/mol. The molecule has 1 saturated carbocycles. The van der Waals surface area contributed by atoms with Crippen molar-refractivity contribution in [3.63, 3.8) is 0 Å². The van der Waals surface area contributed by atoms with Gasteiger partial charge in [-0.3, -0.25) is 4.90 Å². The zero-order chi connectivity index (χ0) is 13.3. The SMILES string of the molecule is CC(C)C1(CN(Cc2ccco2)C2CC2)CCNC1. The summed E-state index contributed by atoms with van der Waals surface area (Å²) in [7, 11) is 0. The fourth-order valence-corrected chi connectivity index (χ4v) is 3.33. The van der Waals surface area contributed by atoms with Crippen molar-refractivity contribution in [3.05, 3.63) is 24.2 Å². The lowest BCUT2D eigenvalue weighted by atomic mass is 9.76. The minimum absolute atomic E-state index is 0.454.